The topological polar surface area (TPSA) is 87.0 Å². The minimum Gasteiger partial charge on any atom is -0.395 e. The number of aromatic nitrogens is 2. The number of nitrogens with zero attached hydrogens (tertiary/aromatic N) is 2. The van der Waals surface area contributed by atoms with Gasteiger partial charge in [0.05, 0.1) is 11.4 Å². The molecule has 0 aliphatic rings. The molecule has 1 aromatic heterocycles. The van der Waals surface area contributed by atoms with E-state index in [1.165, 1.54) is 0 Å². The third-order valence-corrected chi connectivity index (χ3v) is 3.16. The summed E-state index contributed by atoms with van der Waals surface area (Å²) in [5.74, 6) is -0.319. The van der Waals surface area contributed by atoms with Crippen LogP contribution in [0.1, 0.15) is 21.7 Å². The number of aryl methyl sites for hydroxylation is 2. The number of H-pyrrole nitrogens is 1. The summed E-state index contributed by atoms with van der Waals surface area (Å²) in [4.78, 5) is 14.1. The molecule has 0 radical (unpaired) electrons. The summed E-state index contributed by atoms with van der Waals surface area (Å²) in [6.07, 6.45) is 0. The zero-order chi connectivity index (χ0) is 14.9. The fourth-order valence-electron chi connectivity index (χ4n) is 1.97. The number of rotatable bonds is 3. The van der Waals surface area contributed by atoms with Gasteiger partial charge in [-0.15, -0.1) is 0 Å². The highest BCUT2D eigenvalue weighted by Crippen LogP contribution is 2.23. The number of nitrogens with two attached hydrogens (primary N) is 1. The van der Waals surface area contributed by atoms with Crippen molar-refractivity contribution in [2.75, 3.05) is 30.0 Å². The largest absolute Gasteiger partial charge is 0.395 e. The number of hydrogen-bond donors (Lipinski definition) is 3. The van der Waals surface area contributed by atoms with Crippen molar-refractivity contribution in [1.29, 1.82) is 0 Å². The Balaban J connectivity index is 2.24. The standard InChI is InChI=1S/C14H19N5O/c1-8-5-6-10(7-11(8)19(3)4)16-14(20)13-12(15)9(2)17-18-13/h5-7H,15H2,1-4H3,(H,16,20)(H,17,18). The van der Waals surface area contributed by atoms with E-state index in [0.29, 0.717) is 17.1 Å². The minimum atomic E-state index is -0.319. The molecule has 6 nitrogen and oxygen atoms in total. The summed E-state index contributed by atoms with van der Waals surface area (Å²) in [5.41, 5.74) is 9.98. The van der Waals surface area contributed by atoms with E-state index in [2.05, 4.69) is 15.5 Å². The molecule has 0 spiro atoms. The van der Waals surface area contributed by atoms with Gasteiger partial charge in [0, 0.05) is 25.5 Å². The molecule has 1 amide bonds. The molecule has 0 saturated carbocycles. The van der Waals surface area contributed by atoms with E-state index in [9.17, 15) is 4.79 Å². The first kappa shape index (κ1) is 13.9. The van der Waals surface area contributed by atoms with Gasteiger partial charge in [-0.1, -0.05) is 6.07 Å². The first-order valence-corrected chi connectivity index (χ1v) is 6.30. The number of hydrogen-bond acceptors (Lipinski definition) is 4. The SMILES string of the molecule is Cc1ccc(NC(=O)c2n[nH]c(C)c2N)cc1N(C)C. The molecule has 4 N–H and O–H groups in total. The van der Waals surface area contributed by atoms with Gasteiger partial charge in [-0.05, 0) is 31.5 Å². The Morgan fingerprint density at radius 1 is 1.35 bits per heavy atom. The van der Waals surface area contributed by atoms with E-state index in [4.69, 9.17) is 5.73 Å². The van der Waals surface area contributed by atoms with Gasteiger partial charge >= 0.3 is 0 Å². The second-order valence-corrected chi connectivity index (χ2v) is 4.96. The van der Waals surface area contributed by atoms with Crippen LogP contribution in [0.2, 0.25) is 0 Å². The molecule has 0 saturated heterocycles. The summed E-state index contributed by atoms with van der Waals surface area (Å²) in [5, 5.41) is 9.42. The number of nitrogens with one attached hydrogen (secondary N) is 2. The van der Waals surface area contributed by atoms with Gasteiger partial charge in [0.1, 0.15) is 0 Å². The molecule has 0 bridgehead atoms. The van der Waals surface area contributed by atoms with Crippen LogP contribution < -0.4 is 16.0 Å². The number of anilines is 3. The Labute approximate surface area is 118 Å². The number of benzene rings is 1. The van der Waals surface area contributed by atoms with Gasteiger partial charge in [-0.25, -0.2) is 0 Å². The van der Waals surface area contributed by atoms with Crippen molar-refractivity contribution in [3.63, 3.8) is 0 Å². The Morgan fingerprint density at radius 3 is 2.60 bits per heavy atom. The van der Waals surface area contributed by atoms with Crippen molar-refractivity contribution >= 4 is 23.0 Å². The van der Waals surface area contributed by atoms with Crippen LogP contribution in [0.4, 0.5) is 17.1 Å². The molecule has 0 unspecified atom stereocenters. The normalized spacial score (nSPS) is 10.4. The van der Waals surface area contributed by atoms with Crippen molar-refractivity contribution in [2.24, 2.45) is 0 Å². The molecular formula is C14H19N5O. The number of carbonyl (C=O) groups is 1. The van der Waals surface area contributed by atoms with Gasteiger partial charge in [0.15, 0.2) is 5.69 Å². The van der Waals surface area contributed by atoms with Crippen LogP contribution in [0.25, 0.3) is 0 Å². The predicted molar refractivity (Wildman–Crippen MR) is 81.2 cm³/mol. The van der Waals surface area contributed by atoms with E-state index < -0.39 is 0 Å². The third-order valence-electron chi connectivity index (χ3n) is 3.16. The van der Waals surface area contributed by atoms with Crippen LogP contribution in [0.3, 0.4) is 0 Å². The lowest BCUT2D eigenvalue weighted by atomic mass is 10.1. The highest BCUT2D eigenvalue weighted by molar-refractivity contribution is 6.06. The summed E-state index contributed by atoms with van der Waals surface area (Å²) in [6, 6.07) is 5.74. The van der Waals surface area contributed by atoms with Gasteiger partial charge in [0.25, 0.3) is 5.91 Å². The van der Waals surface area contributed by atoms with Crippen LogP contribution in [0, 0.1) is 13.8 Å². The molecule has 6 heteroatoms. The van der Waals surface area contributed by atoms with Crippen molar-refractivity contribution in [3.05, 3.63) is 35.2 Å². The minimum absolute atomic E-state index is 0.217. The predicted octanol–water partition coefficient (Wildman–Crippen LogP) is 1.93. The first-order chi connectivity index (χ1) is 9.40. The molecule has 1 aromatic carbocycles. The van der Waals surface area contributed by atoms with Crippen molar-refractivity contribution in [3.8, 4) is 0 Å². The highest BCUT2D eigenvalue weighted by Gasteiger charge is 2.15. The number of carbonyl (C=O) groups excluding carboxylic acids is 1. The average Bonchev–Trinajstić information content (AvgIpc) is 2.72. The number of nitrogen functional groups attached to an aromatic ring is 1. The zero-order valence-corrected chi connectivity index (χ0v) is 12.1. The summed E-state index contributed by atoms with van der Waals surface area (Å²) >= 11 is 0. The third kappa shape index (κ3) is 2.59. The monoisotopic (exact) mass is 273 g/mol. The van der Waals surface area contributed by atoms with E-state index in [-0.39, 0.29) is 11.6 Å². The van der Waals surface area contributed by atoms with E-state index >= 15 is 0 Å². The van der Waals surface area contributed by atoms with E-state index in [1.807, 2.05) is 44.1 Å². The number of aromatic amines is 1. The second-order valence-electron chi connectivity index (χ2n) is 4.96. The van der Waals surface area contributed by atoms with Crippen LogP contribution in [0.5, 0.6) is 0 Å². The van der Waals surface area contributed by atoms with Gasteiger partial charge < -0.3 is 16.0 Å². The Hall–Kier alpha value is -2.50. The molecule has 20 heavy (non-hydrogen) atoms. The molecule has 0 aliphatic carbocycles. The zero-order valence-electron chi connectivity index (χ0n) is 12.1. The van der Waals surface area contributed by atoms with E-state index in [0.717, 1.165) is 11.3 Å². The lowest BCUT2D eigenvalue weighted by Crippen LogP contribution is -2.15. The lowest BCUT2D eigenvalue weighted by molar-refractivity contribution is 0.102. The number of amides is 1. The maximum Gasteiger partial charge on any atom is 0.278 e. The Morgan fingerprint density at radius 2 is 2.05 bits per heavy atom. The summed E-state index contributed by atoms with van der Waals surface area (Å²) < 4.78 is 0. The van der Waals surface area contributed by atoms with Crippen molar-refractivity contribution < 1.29 is 4.79 Å². The quantitative estimate of drug-likeness (QED) is 0.797. The Kier molecular flexibility index (Phi) is 3.65. The highest BCUT2D eigenvalue weighted by atomic mass is 16.2. The van der Waals surface area contributed by atoms with Crippen molar-refractivity contribution in [2.45, 2.75) is 13.8 Å². The maximum atomic E-state index is 12.1. The van der Waals surface area contributed by atoms with Crippen LogP contribution >= 0.6 is 0 Å². The van der Waals surface area contributed by atoms with Crippen LogP contribution in [-0.2, 0) is 0 Å². The molecule has 2 aromatic rings. The van der Waals surface area contributed by atoms with E-state index in [1.54, 1.807) is 6.92 Å². The summed E-state index contributed by atoms with van der Waals surface area (Å²) in [7, 11) is 3.92. The Bertz CT molecular complexity index is 645. The summed E-state index contributed by atoms with van der Waals surface area (Å²) in [6.45, 7) is 3.80. The molecule has 0 aliphatic heterocycles. The van der Waals surface area contributed by atoms with Gasteiger partial charge in [-0.2, -0.15) is 5.10 Å². The molecule has 106 valence electrons. The molecule has 0 fully saturated rings. The molecule has 1 heterocycles. The van der Waals surface area contributed by atoms with Gasteiger partial charge in [-0.3, -0.25) is 9.89 Å². The smallest absolute Gasteiger partial charge is 0.278 e. The maximum absolute atomic E-state index is 12.1. The van der Waals surface area contributed by atoms with Crippen LogP contribution in [-0.4, -0.2) is 30.2 Å². The second kappa shape index (κ2) is 5.24. The van der Waals surface area contributed by atoms with Gasteiger partial charge in [0.2, 0.25) is 0 Å². The fraction of sp³-hybridized carbons (Fsp3) is 0.286. The first-order valence-electron chi connectivity index (χ1n) is 6.30. The molecule has 2 rings (SSSR count). The van der Waals surface area contributed by atoms with Crippen molar-refractivity contribution in [1.82, 2.24) is 10.2 Å². The average molecular weight is 273 g/mol. The fourth-order valence-corrected chi connectivity index (χ4v) is 1.97. The molecular weight excluding hydrogens is 254 g/mol. The van der Waals surface area contributed by atoms with Crippen LogP contribution in [0.15, 0.2) is 18.2 Å². The lowest BCUT2D eigenvalue weighted by Gasteiger charge is -2.17. The molecule has 0 atom stereocenters.